The van der Waals surface area contributed by atoms with Gasteiger partial charge in [0, 0.05) is 11.5 Å². The van der Waals surface area contributed by atoms with E-state index in [1.807, 2.05) is 0 Å². The summed E-state index contributed by atoms with van der Waals surface area (Å²) in [5.74, 6) is 0.144. The van der Waals surface area contributed by atoms with Gasteiger partial charge in [-0.15, -0.1) is 0 Å². The van der Waals surface area contributed by atoms with Crippen LogP contribution < -0.4 is 4.74 Å². The van der Waals surface area contributed by atoms with Crippen LogP contribution in [0.4, 0.5) is 0 Å². The fourth-order valence-corrected chi connectivity index (χ4v) is 2.06. The molecule has 100 valence electrons. The van der Waals surface area contributed by atoms with Gasteiger partial charge in [0.05, 0.1) is 24.5 Å². The predicted octanol–water partition coefficient (Wildman–Crippen LogP) is 3.20. The summed E-state index contributed by atoms with van der Waals surface area (Å²) in [6.07, 6.45) is 1.52. The Morgan fingerprint density at radius 3 is 2.80 bits per heavy atom. The monoisotopic (exact) mass is 269 g/mol. The number of rotatable bonds is 3. The fourth-order valence-electron chi connectivity index (χ4n) is 2.06. The molecule has 1 aromatic carbocycles. The summed E-state index contributed by atoms with van der Waals surface area (Å²) in [5.41, 5.74) is 1.22. The average molecular weight is 269 g/mol. The molecule has 20 heavy (non-hydrogen) atoms. The van der Waals surface area contributed by atoms with Crippen LogP contribution in [0.5, 0.6) is 5.75 Å². The standard InChI is InChI=1S/C15H11NO4/c1-19-9-4-5-10-11(15(17)18)8-13(16-12(10)7-9)14-3-2-6-20-14/h2-8H,1H3,(H,17,18). The lowest BCUT2D eigenvalue weighted by Crippen LogP contribution is -2.00. The molecule has 0 amide bonds. The molecule has 0 unspecified atom stereocenters. The first-order valence-corrected chi connectivity index (χ1v) is 5.95. The number of hydrogen-bond acceptors (Lipinski definition) is 4. The van der Waals surface area contributed by atoms with Gasteiger partial charge in [0.25, 0.3) is 0 Å². The zero-order valence-electron chi connectivity index (χ0n) is 10.7. The van der Waals surface area contributed by atoms with Gasteiger partial charge < -0.3 is 14.3 Å². The molecule has 0 aliphatic heterocycles. The van der Waals surface area contributed by atoms with Gasteiger partial charge in [-0.05, 0) is 30.3 Å². The highest BCUT2D eigenvalue weighted by molar-refractivity contribution is 6.03. The molecule has 0 spiro atoms. The lowest BCUT2D eigenvalue weighted by atomic mass is 10.1. The van der Waals surface area contributed by atoms with Crippen LogP contribution in [0, 0.1) is 0 Å². The molecule has 0 aliphatic rings. The third kappa shape index (κ3) is 1.99. The van der Waals surface area contributed by atoms with E-state index in [1.165, 1.54) is 12.3 Å². The number of furan rings is 1. The Labute approximate surface area is 114 Å². The molecule has 0 fully saturated rings. The number of hydrogen-bond donors (Lipinski definition) is 1. The van der Waals surface area contributed by atoms with Gasteiger partial charge in [-0.3, -0.25) is 0 Å². The number of fused-ring (bicyclic) bond motifs is 1. The van der Waals surface area contributed by atoms with Gasteiger partial charge in [-0.1, -0.05) is 0 Å². The quantitative estimate of drug-likeness (QED) is 0.790. The minimum Gasteiger partial charge on any atom is -0.497 e. The fraction of sp³-hybridized carbons (Fsp3) is 0.0667. The van der Waals surface area contributed by atoms with Gasteiger partial charge in [0.2, 0.25) is 0 Å². The molecule has 0 bridgehead atoms. The summed E-state index contributed by atoms with van der Waals surface area (Å²) in [7, 11) is 1.55. The third-order valence-corrected chi connectivity index (χ3v) is 3.02. The molecule has 5 nitrogen and oxygen atoms in total. The van der Waals surface area contributed by atoms with Gasteiger partial charge in [0.1, 0.15) is 11.4 Å². The first-order valence-electron chi connectivity index (χ1n) is 5.95. The zero-order valence-corrected chi connectivity index (χ0v) is 10.7. The van der Waals surface area contributed by atoms with Crippen molar-refractivity contribution in [1.82, 2.24) is 4.98 Å². The van der Waals surface area contributed by atoms with Crippen LogP contribution in [-0.4, -0.2) is 23.2 Å². The van der Waals surface area contributed by atoms with Crippen molar-refractivity contribution >= 4 is 16.9 Å². The first-order chi connectivity index (χ1) is 9.69. The summed E-state index contributed by atoms with van der Waals surface area (Å²) in [4.78, 5) is 15.8. The maximum absolute atomic E-state index is 11.4. The van der Waals surface area contributed by atoms with E-state index < -0.39 is 5.97 Å². The molecule has 1 N–H and O–H groups in total. The summed E-state index contributed by atoms with van der Waals surface area (Å²) < 4.78 is 10.4. The van der Waals surface area contributed by atoms with Gasteiger partial charge in [0.15, 0.2) is 5.76 Å². The van der Waals surface area contributed by atoms with Crippen LogP contribution in [0.2, 0.25) is 0 Å². The summed E-state index contributed by atoms with van der Waals surface area (Å²) in [5, 5.41) is 9.91. The first kappa shape index (κ1) is 12.2. The van der Waals surface area contributed by atoms with Gasteiger partial charge in [-0.25, -0.2) is 9.78 Å². The number of nitrogens with zero attached hydrogens (tertiary/aromatic N) is 1. The van der Waals surface area contributed by atoms with Crippen molar-refractivity contribution in [3.63, 3.8) is 0 Å². The average Bonchev–Trinajstić information content (AvgIpc) is 2.99. The normalized spacial score (nSPS) is 10.7. The second kappa shape index (κ2) is 4.70. The van der Waals surface area contributed by atoms with Gasteiger partial charge >= 0.3 is 5.97 Å². The lowest BCUT2D eigenvalue weighted by Gasteiger charge is -2.07. The maximum Gasteiger partial charge on any atom is 0.336 e. The predicted molar refractivity (Wildman–Crippen MR) is 73.0 cm³/mol. The van der Waals surface area contributed by atoms with Crippen molar-refractivity contribution in [2.45, 2.75) is 0 Å². The van der Waals surface area contributed by atoms with E-state index in [-0.39, 0.29) is 5.56 Å². The molecular formula is C15H11NO4. The number of aromatic nitrogens is 1. The Morgan fingerprint density at radius 1 is 1.30 bits per heavy atom. The van der Waals surface area contributed by atoms with E-state index >= 15 is 0 Å². The topological polar surface area (TPSA) is 72.6 Å². The number of ether oxygens (including phenoxy) is 1. The number of pyridine rings is 1. The lowest BCUT2D eigenvalue weighted by molar-refractivity contribution is 0.0699. The molecule has 0 atom stereocenters. The Hall–Kier alpha value is -2.82. The Bertz CT molecular complexity index is 778. The third-order valence-electron chi connectivity index (χ3n) is 3.02. The van der Waals surface area contributed by atoms with Crippen LogP contribution in [0.3, 0.4) is 0 Å². The Kier molecular flexibility index (Phi) is 2.87. The molecule has 2 heterocycles. The van der Waals surface area contributed by atoms with Crippen molar-refractivity contribution in [2.24, 2.45) is 0 Å². The van der Waals surface area contributed by atoms with Crippen LogP contribution in [0.25, 0.3) is 22.4 Å². The van der Waals surface area contributed by atoms with Crippen molar-refractivity contribution in [3.05, 3.63) is 48.2 Å². The van der Waals surface area contributed by atoms with E-state index in [9.17, 15) is 9.90 Å². The van der Waals surface area contributed by atoms with Crippen LogP contribution in [0.15, 0.2) is 47.1 Å². The minimum atomic E-state index is -1.00. The molecule has 2 aromatic heterocycles. The van der Waals surface area contributed by atoms with E-state index in [1.54, 1.807) is 37.4 Å². The molecule has 3 aromatic rings. The van der Waals surface area contributed by atoms with Crippen LogP contribution >= 0.6 is 0 Å². The highest BCUT2D eigenvalue weighted by Crippen LogP contribution is 2.27. The van der Waals surface area contributed by atoms with E-state index in [2.05, 4.69) is 4.98 Å². The smallest absolute Gasteiger partial charge is 0.336 e. The number of carboxylic acid groups (broad SMARTS) is 1. The van der Waals surface area contributed by atoms with E-state index in [4.69, 9.17) is 9.15 Å². The summed E-state index contributed by atoms with van der Waals surface area (Å²) in [6, 6.07) is 10.1. The number of carbonyl (C=O) groups is 1. The van der Waals surface area contributed by atoms with E-state index in [0.29, 0.717) is 28.1 Å². The van der Waals surface area contributed by atoms with Crippen molar-refractivity contribution in [3.8, 4) is 17.2 Å². The largest absolute Gasteiger partial charge is 0.497 e. The van der Waals surface area contributed by atoms with Crippen LogP contribution in [0.1, 0.15) is 10.4 Å². The highest BCUT2D eigenvalue weighted by atomic mass is 16.5. The molecule has 3 rings (SSSR count). The van der Waals surface area contributed by atoms with Gasteiger partial charge in [-0.2, -0.15) is 0 Å². The number of carboxylic acids is 1. The molecule has 0 radical (unpaired) electrons. The number of methoxy groups -OCH3 is 1. The van der Waals surface area contributed by atoms with E-state index in [0.717, 1.165) is 0 Å². The maximum atomic E-state index is 11.4. The molecule has 0 saturated carbocycles. The highest BCUT2D eigenvalue weighted by Gasteiger charge is 2.14. The zero-order chi connectivity index (χ0) is 14.1. The molecule has 5 heteroatoms. The van der Waals surface area contributed by atoms with Crippen molar-refractivity contribution in [1.29, 1.82) is 0 Å². The van der Waals surface area contributed by atoms with Crippen molar-refractivity contribution in [2.75, 3.05) is 7.11 Å². The Morgan fingerprint density at radius 2 is 2.15 bits per heavy atom. The Balaban J connectivity index is 2.31. The summed E-state index contributed by atoms with van der Waals surface area (Å²) >= 11 is 0. The molecule has 0 aliphatic carbocycles. The number of benzene rings is 1. The second-order valence-electron chi connectivity index (χ2n) is 4.22. The van der Waals surface area contributed by atoms with Crippen molar-refractivity contribution < 1.29 is 19.1 Å². The molecule has 0 saturated heterocycles. The second-order valence-corrected chi connectivity index (χ2v) is 4.22. The van der Waals surface area contributed by atoms with Crippen LogP contribution in [-0.2, 0) is 0 Å². The SMILES string of the molecule is COc1ccc2c(C(=O)O)cc(-c3ccco3)nc2c1. The minimum absolute atomic E-state index is 0.184. The number of aromatic carboxylic acids is 1. The summed E-state index contributed by atoms with van der Waals surface area (Å²) in [6.45, 7) is 0. The molecular weight excluding hydrogens is 258 g/mol.